The van der Waals surface area contributed by atoms with Gasteiger partial charge in [-0.3, -0.25) is 4.79 Å². The molecule has 3 rings (SSSR count). The van der Waals surface area contributed by atoms with Crippen LogP contribution in [0.4, 0.5) is 0 Å². The molecule has 0 fully saturated rings. The number of carbonyl (C=O) groups excluding carboxylic acids is 1. The van der Waals surface area contributed by atoms with E-state index in [9.17, 15) is 9.59 Å². The minimum atomic E-state index is -0.960. The Labute approximate surface area is 210 Å². The van der Waals surface area contributed by atoms with Crippen molar-refractivity contribution in [2.24, 2.45) is 5.10 Å². The van der Waals surface area contributed by atoms with E-state index in [0.29, 0.717) is 17.2 Å². The highest BCUT2D eigenvalue weighted by Crippen LogP contribution is 2.29. The van der Waals surface area contributed by atoms with E-state index in [1.165, 1.54) is 0 Å². The molecule has 0 aromatic heterocycles. The lowest BCUT2D eigenvalue weighted by Crippen LogP contribution is -2.17. The van der Waals surface area contributed by atoms with Crippen LogP contribution < -0.4 is 10.2 Å². The molecule has 0 radical (unpaired) electrons. The van der Waals surface area contributed by atoms with Crippen LogP contribution in [0.2, 0.25) is 5.02 Å². The number of hydrogen-bond acceptors (Lipinski definition) is 4. The van der Waals surface area contributed by atoms with Crippen molar-refractivity contribution in [3.8, 4) is 5.75 Å². The number of nitrogens with one attached hydrogen (secondary N) is 1. The molecule has 0 aliphatic rings. The first kappa shape index (κ1) is 23.5. The fourth-order valence-corrected chi connectivity index (χ4v) is 4.78. The predicted octanol–water partition coefficient (Wildman–Crippen LogP) is 5.59. The maximum absolute atomic E-state index is 12.1. The van der Waals surface area contributed by atoms with E-state index >= 15 is 0 Å². The molecule has 0 aliphatic heterocycles. The molecule has 0 heterocycles. The molecule has 2 N–H and O–H groups in total. The molecule has 0 unspecified atom stereocenters. The third-order valence-electron chi connectivity index (χ3n) is 4.09. The second-order valence-electron chi connectivity index (χ2n) is 6.31. The van der Waals surface area contributed by atoms with Gasteiger partial charge in [0.1, 0.15) is 12.4 Å². The van der Waals surface area contributed by atoms with Crippen LogP contribution in [0.1, 0.15) is 31.8 Å². The van der Waals surface area contributed by atoms with Gasteiger partial charge in [-0.1, -0.05) is 23.7 Å². The first-order chi connectivity index (χ1) is 14.8. The monoisotopic (exact) mass is 660 g/mol. The van der Waals surface area contributed by atoms with Gasteiger partial charge in [0.2, 0.25) is 0 Å². The summed E-state index contributed by atoms with van der Waals surface area (Å²) >= 11 is 10.2. The number of carboxylic acid groups (broad SMARTS) is 1. The fourth-order valence-electron chi connectivity index (χ4n) is 2.52. The van der Waals surface area contributed by atoms with Crippen LogP contribution in [0.25, 0.3) is 0 Å². The minimum Gasteiger partial charge on any atom is -0.487 e. The lowest BCUT2D eigenvalue weighted by Gasteiger charge is -2.11. The molecule has 0 atom stereocenters. The molecule has 31 heavy (non-hydrogen) atoms. The molecular weight excluding hydrogens is 646 g/mol. The number of ether oxygens (including phenoxy) is 1. The SMILES string of the molecule is O=C(O)c1ccc(COc2c(I)cc(/C=N\NC(=O)c3ccc(Cl)cc3)cc2I)cc1. The Morgan fingerprint density at radius 3 is 2.16 bits per heavy atom. The third kappa shape index (κ3) is 6.65. The van der Waals surface area contributed by atoms with Crippen molar-refractivity contribution in [1.82, 2.24) is 5.43 Å². The summed E-state index contributed by atoms with van der Waals surface area (Å²) in [5.41, 5.74) is 4.87. The first-order valence-electron chi connectivity index (χ1n) is 8.86. The molecule has 0 saturated heterocycles. The van der Waals surface area contributed by atoms with Gasteiger partial charge in [-0.2, -0.15) is 5.10 Å². The molecule has 9 heteroatoms. The van der Waals surface area contributed by atoms with Crippen molar-refractivity contribution in [3.05, 3.63) is 95.1 Å². The normalized spacial score (nSPS) is 10.8. The highest BCUT2D eigenvalue weighted by atomic mass is 127. The van der Waals surface area contributed by atoms with E-state index < -0.39 is 5.97 Å². The van der Waals surface area contributed by atoms with E-state index in [-0.39, 0.29) is 11.5 Å². The molecule has 6 nitrogen and oxygen atoms in total. The van der Waals surface area contributed by atoms with Crippen molar-refractivity contribution in [2.45, 2.75) is 6.61 Å². The summed E-state index contributed by atoms with van der Waals surface area (Å²) in [6.07, 6.45) is 1.56. The third-order valence-corrected chi connectivity index (χ3v) is 5.95. The number of aromatic carboxylic acids is 1. The van der Waals surface area contributed by atoms with Crippen molar-refractivity contribution in [2.75, 3.05) is 0 Å². The van der Waals surface area contributed by atoms with E-state index in [1.807, 2.05) is 12.1 Å². The average Bonchev–Trinajstić information content (AvgIpc) is 2.74. The molecule has 0 bridgehead atoms. The Balaban J connectivity index is 1.62. The zero-order chi connectivity index (χ0) is 22.4. The summed E-state index contributed by atoms with van der Waals surface area (Å²) < 4.78 is 7.70. The van der Waals surface area contributed by atoms with Crippen molar-refractivity contribution >= 4 is 74.9 Å². The number of amides is 1. The number of hydrogen-bond donors (Lipinski definition) is 2. The van der Waals surface area contributed by atoms with E-state index in [1.54, 1.807) is 54.7 Å². The van der Waals surface area contributed by atoms with Gasteiger partial charge in [0.05, 0.1) is 18.9 Å². The summed E-state index contributed by atoms with van der Waals surface area (Å²) in [5.74, 6) is -0.560. The minimum absolute atomic E-state index is 0.236. The Morgan fingerprint density at radius 2 is 1.58 bits per heavy atom. The van der Waals surface area contributed by atoms with Crippen LogP contribution in [0.15, 0.2) is 65.8 Å². The van der Waals surface area contributed by atoms with Gasteiger partial charge in [0.15, 0.2) is 0 Å². The van der Waals surface area contributed by atoms with Gasteiger partial charge < -0.3 is 9.84 Å². The summed E-state index contributed by atoms with van der Waals surface area (Å²) in [5, 5.41) is 13.5. The Bertz CT molecular complexity index is 1110. The van der Waals surface area contributed by atoms with Gasteiger partial charge in [-0.25, -0.2) is 10.2 Å². The zero-order valence-electron chi connectivity index (χ0n) is 15.8. The summed E-state index contributed by atoms with van der Waals surface area (Å²) in [6.45, 7) is 0.316. The largest absolute Gasteiger partial charge is 0.487 e. The van der Waals surface area contributed by atoms with Crippen LogP contribution >= 0.6 is 56.8 Å². The Kier molecular flexibility index (Phi) is 8.27. The average molecular weight is 661 g/mol. The second-order valence-corrected chi connectivity index (χ2v) is 9.07. The Morgan fingerprint density at radius 1 is 1.00 bits per heavy atom. The number of nitrogens with zero attached hydrogens (tertiary/aromatic N) is 1. The molecule has 0 spiro atoms. The second kappa shape index (κ2) is 10.9. The van der Waals surface area contributed by atoms with E-state index in [2.05, 4.69) is 55.7 Å². The number of benzene rings is 3. The topological polar surface area (TPSA) is 88.0 Å². The number of carbonyl (C=O) groups is 2. The molecule has 3 aromatic carbocycles. The lowest BCUT2D eigenvalue weighted by molar-refractivity contribution is 0.0696. The maximum Gasteiger partial charge on any atom is 0.335 e. The van der Waals surface area contributed by atoms with Gasteiger partial charge in [0, 0.05) is 10.6 Å². The summed E-state index contributed by atoms with van der Waals surface area (Å²) in [4.78, 5) is 23.0. The van der Waals surface area contributed by atoms with Crippen LogP contribution in [0.3, 0.4) is 0 Å². The molecule has 0 aliphatic carbocycles. The van der Waals surface area contributed by atoms with E-state index in [4.69, 9.17) is 21.4 Å². The quantitative estimate of drug-likeness (QED) is 0.197. The first-order valence-corrected chi connectivity index (χ1v) is 11.4. The van der Waals surface area contributed by atoms with Crippen LogP contribution in [0, 0.1) is 7.14 Å². The molecule has 3 aromatic rings. The smallest absolute Gasteiger partial charge is 0.335 e. The number of rotatable bonds is 7. The van der Waals surface area contributed by atoms with Gasteiger partial charge in [-0.05, 0) is 105 Å². The highest BCUT2D eigenvalue weighted by Gasteiger charge is 2.10. The van der Waals surface area contributed by atoms with Gasteiger partial charge >= 0.3 is 5.97 Å². The van der Waals surface area contributed by atoms with Crippen molar-refractivity contribution < 1.29 is 19.4 Å². The fraction of sp³-hybridized carbons (Fsp3) is 0.0455. The standard InChI is InChI=1S/C22H15ClI2N2O4/c23-17-7-5-15(6-8-17)21(28)27-26-11-14-9-18(24)20(19(25)10-14)31-12-13-1-3-16(4-2-13)22(29)30/h1-11H,12H2,(H,27,28)(H,29,30)/b26-11-. The Hall–Kier alpha value is -2.18. The number of hydrazone groups is 1. The van der Waals surface area contributed by atoms with Crippen LogP contribution in [0.5, 0.6) is 5.75 Å². The molecule has 0 saturated carbocycles. The summed E-state index contributed by atoms with van der Waals surface area (Å²) in [6, 6.07) is 16.9. The molecule has 158 valence electrons. The predicted molar refractivity (Wildman–Crippen MR) is 136 cm³/mol. The molecule has 1 amide bonds. The maximum atomic E-state index is 12.1. The van der Waals surface area contributed by atoms with Crippen LogP contribution in [-0.4, -0.2) is 23.2 Å². The van der Waals surface area contributed by atoms with Gasteiger partial charge in [-0.15, -0.1) is 0 Å². The van der Waals surface area contributed by atoms with Crippen molar-refractivity contribution in [3.63, 3.8) is 0 Å². The zero-order valence-corrected chi connectivity index (χ0v) is 20.9. The number of halogens is 3. The number of carboxylic acids is 1. The van der Waals surface area contributed by atoms with Gasteiger partial charge in [0.25, 0.3) is 5.91 Å². The van der Waals surface area contributed by atoms with Crippen LogP contribution in [-0.2, 0) is 6.61 Å². The highest BCUT2D eigenvalue weighted by molar-refractivity contribution is 14.1. The summed E-state index contributed by atoms with van der Waals surface area (Å²) in [7, 11) is 0. The van der Waals surface area contributed by atoms with Crippen molar-refractivity contribution in [1.29, 1.82) is 0 Å². The van der Waals surface area contributed by atoms with E-state index in [0.717, 1.165) is 24.0 Å². The molecular formula is C22H15ClI2N2O4. The lowest BCUT2D eigenvalue weighted by atomic mass is 10.1.